The largest absolute Gasteiger partial charge is 0.325 e. The topological polar surface area (TPSA) is 64.9 Å². The highest BCUT2D eigenvalue weighted by Gasteiger charge is 2.05. The van der Waals surface area contributed by atoms with Gasteiger partial charge in [0, 0.05) is 18.0 Å². The van der Waals surface area contributed by atoms with Gasteiger partial charge in [0.15, 0.2) is 0 Å². The van der Waals surface area contributed by atoms with Crippen molar-refractivity contribution >= 4 is 23.2 Å². The lowest BCUT2D eigenvalue weighted by atomic mass is 10.1. The molecule has 2 aromatic rings. The molecule has 118 valence electrons. The highest BCUT2D eigenvalue weighted by Crippen LogP contribution is 2.13. The first-order valence-corrected chi connectivity index (χ1v) is 7.81. The molecule has 2 N–H and O–H groups in total. The van der Waals surface area contributed by atoms with Crippen molar-refractivity contribution < 1.29 is 4.79 Å². The molecule has 0 aliphatic heterocycles. The average Bonchev–Trinajstić information content (AvgIpc) is 2.57. The molecule has 2 aromatic carbocycles. The summed E-state index contributed by atoms with van der Waals surface area (Å²) in [7, 11) is 0. The van der Waals surface area contributed by atoms with Crippen LogP contribution >= 0.6 is 11.6 Å². The Labute approximate surface area is 141 Å². The van der Waals surface area contributed by atoms with E-state index >= 15 is 0 Å². The maximum absolute atomic E-state index is 11.9. The molecule has 0 aliphatic rings. The van der Waals surface area contributed by atoms with Crippen LogP contribution in [0, 0.1) is 11.3 Å². The highest BCUT2D eigenvalue weighted by molar-refractivity contribution is 6.30. The molecule has 0 unspecified atom stereocenters. The lowest BCUT2D eigenvalue weighted by molar-refractivity contribution is -0.116. The summed E-state index contributed by atoms with van der Waals surface area (Å²) in [5.74, 6) is -0.105. The fourth-order valence-corrected chi connectivity index (χ4v) is 2.24. The molecule has 0 saturated heterocycles. The number of hydrogen-bond donors (Lipinski definition) is 2. The lowest BCUT2D eigenvalue weighted by Crippen LogP contribution is -2.23. The van der Waals surface area contributed by atoms with Gasteiger partial charge in [-0.25, -0.2) is 0 Å². The Morgan fingerprint density at radius 3 is 2.57 bits per heavy atom. The van der Waals surface area contributed by atoms with E-state index in [0.29, 0.717) is 24.2 Å². The fraction of sp³-hybridized carbons (Fsp3) is 0.222. The smallest absolute Gasteiger partial charge is 0.225 e. The van der Waals surface area contributed by atoms with Crippen molar-refractivity contribution in [2.45, 2.75) is 12.8 Å². The quantitative estimate of drug-likeness (QED) is 0.766. The third kappa shape index (κ3) is 5.74. The zero-order chi connectivity index (χ0) is 16.5. The molecule has 1 amide bonds. The van der Waals surface area contributed by atoms with E-state index in [4.69, 9.17) is 16.9 Å². The maximum atomic E-state index is 11.9. The predicted molar refractivity (Wildman–Crippen MR) is 92.4 cm³/mol. The van der Waals surface area contributed by atoms with Crippen molar-refractivity contribution in [3.63, 3.8) is 0 Å². The monoisotopic (exact) mass is 327 g/mol. The molecular weight excluding hydrogens is 310 g/mol. The van der Waals surface area contributed by atoms with Crippen LogP contribution in [0.2, 0.25) is 5.02 Å². The SMILES string of the molecule is N#Cc1ccccc1NC(=O)CCNCCc1ccc(Cl)cc1. The van der Waals surface area contributed by atoms with Gasteiger partial charge in [-0.3, -0.25) is 4.79 Å². The maximum Gasteiger partial charge on any atom is 0.225 e. The van der Waals surface area contributed by atoms with Crippen molar-refractivity contribution in [3.8, 4) is 6.07 Å². The minimum atomic E-state index is -0.105. The first-order valence-electron chi connectivity index (χ1n) is 7.43. The number of anilines is 1. The van der Waals surface area contributed by atoms with E-state index in [1.807, 2.05) is 24.3 Å². The molecule has 0 saturated carbocycles. The normalized spacial score (nSPS) is 10.1. The number of para-hydroxylation sites is 1. The number of carbonyl (C=O) groups is 1. The number of nitrogens with one attached hydrogen (secondary N) is 2. The third-order valence-corrected chi connectivity index (χ3v) is 3.61. The molecule has 4 nitrogen and oxygen atoms in total. The van der Waals surface area contributed by atoms with Gasteiger partial charge in [-0.1, -0.05) is 35.9 Å². The predicted octanol–water partition coefficient (Wildman–Crippen LogP) is 3.37. The number of benzene rings is 2. The minimum absolute atomic E-state index is 0.105. The van der Waals surface area contributed by atoms with E-state index in [1.165, 1.54) is 5.56 Å². The third-order valence-electron chi connectivity index (χ3n) is 3.35. The van der Waals surface area contributed by atoms with Gasteiger partial charge in [0.1, 0.15) is 6.07 Å². The van der Waals surface area contributed by atoms with Crippen LogP contribution < -0.4 is 10.6 Å². The summed E-state index contributed by atoms with van der Waals surface area (Å²) in [6, 6.07) is 16.8. The number of hydrogen-bond acceptors (Lipinski definition) is 3. The standard InChI is InChI=1S/C18H18ClN3O/c19-16-7-5-14(6-8-16)9-11-21-12-10-18(23)22-17-4-2-1-3-15(17)13-20/h1-8,21H,9-12H2,(H,22,23). The van der Waals surface area contributed by atoms with Gasteiger partial charge >= 0.3 is 0 Å². The van der Waals surface area contributed by atoms with Crippen molar-refractivity contribution in [2.75, 3.05) is 18.4 Å². The summed E-state index contributed by atoms with van der Waals surface area (Å²) in [5.41, 5.74) is 2.23. The number of amides is 1. The molecule has 0 spiro atoms. The Bertz CT molecular complexity index is 692. The van der Waals surface area contributed by atoms with Crippen LogP contribution in [0.3, 0.4) is 0 Å². The van der Waals surface area contributed by atoms with Crippen molar-refractivity contribution in [1.82, 2.24) is 5.32 Å². The van der Waals surface area contributed by atoms with Gasteiger partial charge in [0.05, 0.1) is 11.3 Å². The van der Waals surface area contributed by atoms with Crippen LogP contribution in [0.15, 0.2) is 48.5 Å². The van der Waals surface area contributed by atoms with E-state index in [0.717, 1.165) is 18.0 Å². The Morgan fingerprint density at radius 1 is 1.09 bits per heavy atom. The van der Waals surface area contributed by atoms with Crippen LogP contribution in [-0.4, -0.2) is 19.0 Å². The van der Waals surface area contributed by atoms with E-state index in [9.17, 15) is 4.79 Å². The summed E-state index contributed by atoms with van der Waals surface area (Å²) < 4.78 is 0. The Kier molecular flexibility index (Phi) is 6.61. The molecular formula is C18H18ClN3O. The Morgan fingerprint density at radius 2 is 1.83 bits per heavy atom. The van der Waals surface area contributed by atoms with Gasteiger partial charge in [0.25, 0.3) is 0 Å². The van der Waals surface area contributed by atoms with Crippen molar-refractivity contribution in [1.29, 1.82) is 5.26 Å². The van der Waals surface area contributed by atoms with Crippen LogP contribution in [0.5, 0.6) is 0 Å². The van der Waals surface area contributed by atoms with Crippen LogP contribution in [0.25, 0.3) is 0 Å². The van der Waals surface area contributed by atoms with Crippen LogP contribution in [0.4, 0.5) is 5.69 Å². The van der Waals surface area contributed by atoms with Gasteiger partial charge in [-0.2, -0.15) is 5.26 Å². The Balaban J connectivity index is 1.67. The second-order valence-electron chi connectivity index (χ2n) is 5.08. The van der Waals surface area contributed by atoms with Crippen LogP contribution in [0.1, 0.15) is 17.5 Å². The molecule has 2 rings (SSSR count). The average molecular weight is 328 g/mol. The molecule has 0 atom stereocenters. The second-order valence-corrected chi connectivity index (χ2v) is 5.52. The van der Waals surface area contributed by atoms with Crippen LogP contribution in [-0.2, 0) is 11.2 Å². The zero-order valence-corrected chi connectivity index (χ0v) is 13.4. The molecule has 23 heavy (non-hydrogen) atoms. The van der Waals surface area contributed by atoms with Gasteiger partial charge in [0.2, 0.25) is 5.91 Å². The van der Waals surface area contributed by atoms with Gasteiger partial charge in [-0.05, 0) is 42.8 Å². The van der Waals surface area contributed by atoms with E-state index < -0.39 is 0 Å². The highest BCUT2D eigenvalue weighted by atomic mass is 35.5. The number of nitrogens with zero attached hydrogens (tertiary/aromatic N) is 1. The molecule has 0 heterocycles. The second kappa shape index (κ2) is 8.94. The molecule has 5 heteroatoms. The van der Waals surface area contributed by atoms with E-state index in [-0.39, 0.29) is 5.91 Å². The van der Waals surface area contributed by atoms with Gasteiger partial charge in [-0.15, -0.1) is 0 Å². The van der Waals surface area contributed by atoms with E-state index in [2.05, 4.69) is 16.7 Å². The van der Waals surface area contributed by atoms with E-state index in [1.54, 1.807) is 24.3 Å². The summed E-state index contributed by atoms with van der Waals surface area (Å²) >= 11 is 5.84. The van der Waals surface area contributed by atoms with Crippen molar-refractivity contribution in [3.05, 3.63) is 64.7 Å². The molecule has 0 aromatic heterocycles. The fourth-order valence-electron chi connectivity index (χ4n) is 2.11. The summed E-state index contributed by atoms with van der Waals surface area (Å²) in [5, 5.41) is 15.7. The summed E-state index contributed by atoms with van der Waals surface area (Å²) in [6.45, 7) is 1.39. The van der Waals surface area contributed by atoms with Crippen molar-refractivity contribution in [2.24, 2.45) is 0 Å². The number of nitriles is 1. The zero-order valence-electron chi connectivity index (χ0n) is 12.7. The molecule has 0 fully saturated rings. The summed E-state index contributed by atoms with van der Waals surface area (Å²) in [4.78, 5) is 11.9. The molecule has 0 radical (unpaired) electrons. The molecule has 0 aliphatic carbocycles. The Hall–Kier alpha value is -2.35. The number of rotatable bonds is 7. The summed E-state index contributed by atoms with van der Waals surface area (Å²) in [6.07, 6.45) is 1.25. The number of halogens is 1. The minimum Gasteiger partial charge on any atom is -0.325 e. The first-order chi connectivity index (χ1) is 11.2. The first kappa shape index (κ1) is 17.0. The van der Waals surface area contributed by atoms with Gasteiger partial charge < -0.3 is 10.6 Å². The molecule has 0 bridgehead atoms. The number of carbonyl (C=O) groups excluding carboxylic acids is 1. The lowest BCUT2D eigenvalue weighted by Gasteiger charge is -2.08.